The van der Waals surface area contributed by atoms with E-state index in [-0.39, 0.29) is 24.5 Å². The zero-order valence-corrected chi connectivity index (χ0v) is 8.54. The van der Waals surface area contributed by atoms with E-state index in [0.29, 0.717) is 5.92 Å². The Morgan fingerprint density at radius 2 is 2.21 bits per heavy atom. The first-order valence-electron chi connectivity index (χ1n) is 4.95. The van der Waals surface area contributed by atoms with Gasteiger partial charge in [0.15, 0.2) is 0 Å². The van der Waals surface area contributed by atoms with Gasteiger partial charge in [-0.3, -0.25) is 0 Å². The molecule has 0 heterocycles. The molecule has 0 aliphatic heterocycles. The van der Waals surface area contributed by atoms with Gasteiger partial charge in [0.25, 0.3) is 0 Å². The fraction of sp³-hybridized carbons (Fsp3) is 1.00. The lowest BCUT2D eigenvalue weighted by Gasteiger charge is -2.20. The zero-order chi connectivity index (χ0) is 10.7. The van der Waals surface area contributed by atoms with Crippen molar-refractivity contribution < 1.29 is 10.2 Å². The second-order valence-corrected chi connectivity index (χ2v) is 4.27. The van der Waals surface area contributed by atoms with Crippen molar-refractivity contribution in [2.75, 3.05) is 6.61 Å². The Bertz CT molecular complexity index is 238. The Labute approximate surface area is 83.4 Å². The number of hydrogen-bond donors (Lipinski definition) is 2. The number of azide groups is 1. The van der Waals surface area contributed by atoms with Crippen LogP contribution in [-0.2, 0) is 0 Å². The van der Waals surface area contributed by atoms with E-state index in [0.717, 1.165) is 6.42 Å². The number of nitrogens with zero attached hydrogens (tertiary/aromatic N) is 3. The van der Waals surface area contributed by atoms with Crippen molar-refractivity contribution in [1.82, 2.24) is 0 Å². The van der Waals surface area contributed by atoms with Crippen molar-refractivity contribution in [2.24, 2.45) is 22.9 Å². The first-order valence-corrected chi connectivity index (χ1v) is 4.95. The number of rotatable bonds is 3. The van der Waals surface area contributed by atoms with E-state index in [1.54, 1.807) is 0 Å². The van der Waals surface area contributed by atoms with Gasteiger partial charge in [0.2, 0.25) is 0 Å². The molecule has 0 aromatic heterocycles. The van der Waals surface area contributed by atoms with Crippen LogP contribution >= 0.6 is 0 Å². The topological polar surface area (TPSA) is 89.2 Å². The van der Waals surface area contributed by atoms with Crippen LogP contribution < -0.4 is 0 Å². The van der Waals surface area contributed by atoms with Gasteiger partial charge in [-0.25, -0.2) is 0 Å². The van der Waals surface area contributed by atoms with Crippen LogP contribution in [0.15, 0.2) is 5.11 Å². The minimum Gasteiger partial charge on any atom is -0.396 e. The molecule has 1 aliphatic carbocycles. The third kappa shape index (κ3) is 2.00. The summed E-state index contributed by atoms with van der Waals surface area (Å²) in [6, 6.07) is -0.378. The minimum absolute atomic E-state index is 0.0398. The van der Waals surface area contributed by atoms with Crippen LogP contribution in [0.3, 0.4) is 0 Å². The summed E-state index contributed by atoms with van der Waals surface area (Å²) in [7, 11) is 0. The second-order valence-electron chi connectivity index (χ2n) is 4.27. The summed E-state index contributed by atoms with van der Waals surface area (Å²) >= 11 is 0. The maximum atomic E-state index is 9.77. The maximum Gasteiger partial charge on any atom is 0.0677 e. The van der Waals surface area contributed by atoms with Crippen LogP contribution in [0.5, 0.6) is 0 Å². The Morgan fingerprint density at radius 3 is 2.64 bits per heavy atom. The molecule has 0 bridgehead atoms. The third-order valence-electron chi connectivity index (χ3n) is 3.12. The SMILES string of the molecule is CC(C)[C@@H]1C[C@H](CO)[C@@H](O)[C@H]1N=[N+]=[N-]. The standard InChI is InChI=1S/C9H17N3O2/c1-5(2)7-3-6(4-13)9(14)8(7)11-12-10/h5-9,13-14H,3-4H2,1-2H3/t6-,7+,8+,9-/m1/s1. The summed E-state index contributed by atoms with van der Waals surface area (Å²) in [5.74, 6) is 0.396. The molecular weight excluding hydrogens is 182 g/mol. The molecule has 5 heteroatoms. The summed E-state index contributed by atoms with van der Waals surface area (Å²) in [6.45, 7) is 4.04. The molecule has 0 aromatic carbocycles. The van der Waals surface area contributed by atoms with Gasteiger partial charge in [0, 0.05) is 17.4 Å². The highest BCUT2D eigenvalue weighted by atomic mass is 16.3. The second kappa shape index (κ2) is 4.64. The summed E-state index contributed by atoms with van der Waals surface area (Å²) in [5.41, 5.74) is 8.39. The van der Waals surface area contributed by atoms with Crippen molar-refractivity contribution in [2.45, 2.75) is 32.4 Å². The minimum atomic E-state index is -0.691. The van der Waals surface area contributed by atoms with Gasteiger partial charge in [0.05, 0.1) is 12.1 Å². The summed E-state index contributed by atoms with van der Waals surface area (Å²) in [4.78, 5) is 2.75. The van der Waals surface area contributed by atoms with Gasteiger partial charge < -0.3 is 10.2 Å². The van der Waals surface area contributed by atoms with Gasteiger partial charge in [0.1, 0.15) is 0 Å². The molecule has 0 unspecified atom stereocenters. The molecule has 0 aromatic rings. The molecule has 80 valence electrons. The first-order chi connectivity index (χ1) is 6.61. The lowest BCUT2D eigenvalue weighted by atomic mass is 9.91. The average Bonchev–Trinajstić information content (AvgIpc) is 2.45. The number of aliphatic hydroxyl groups excluding tert-OH is 2. The summed E-state index contributed by atoms with van der Waals surface area (Å²) in [6.07, 6.45) is 0.0437. The number of hydrogen-bond acceptors (Lipinski definition) is 3. The monoisotopic (exact) mass is 199 g/mol. The van der Waals surface area contributed by atoms with Gasteiger partial charge in [-0.1, -0.05) is 19.0 Å². The quantitative estimate of drug-likeness (QED) is 0.407. The van der Waals surface area contributed by atoms with Crippen LogP contribution in [0.2, 0.25) is 0 Å². The van der Waals surface area contributed by atoms with Crippen LogP contribution in [0.1, 0.15) is 20.3 Å². The highest BCUT2D eigenvalue weighted by Gasteiger charge is 2.42. The highest BCUT2D eigenvalue weighted by Crippen LogP contribution is 2.38. The van der Waals surface area contributed by atoms with E-state index in [4.69, 9.17) is 10.6 Å². The lowest BCUT2D eigenvalue weighted by Crippen LogP contribution is -2.29. The Hall–Kier alpha value is -0.770. The smallest absolute Gasteiger partial charge is 0.0677 e. The van der Waals surface area contributed by atoms with E-state index in [2.05, 4.69) is 10.0 Å². The first kappa shape index (κ1) is 11.3. The molecule has 0 radical (unpaired) electrons. The Morgan fingerprint density at radius 1 is 1.57 bits per heavy atom. The van der Waals surface area contributed by atoms with Gasteiger partial charge in [-0.05, 0) is 23.8 Å². The van der Waals surface area contributed by atoms with E-state index in [1.807, 2.05) is 13.8 Å². The third-order valence-corrected chi connectivity index (χ3v) is 3.12. The fourth-order valence-corrected chi connectivity index (χ4v) is 2.22. The molecule has 1 fully saturated rings. The normalized spacial score (nSPS) is 37.2. The van der Waals surface area contributed by atoms with Crippen LogP contribution in [0.4, 0.5) is 0 Å². The molecule has 0 spiro atoms. The molecule has 5 nitrogen and oxygen atoms in total. The highest BCUT2D eigenvalue weighted by molar-refractivity contribution is 4.96. The van der Waals surface area contributed by atoms with Gasteiger partial charge in [-0.2, -0.15) is 0 Å². The predicted molar refractivity (Wildman–Crippen MR) is 52.5 cm³/mol. The molecule has 1 aliphatic rings. The lowest BCUT2D eigenvalue weighted by molar-refractivity contribution is 0.0793. The zero-order valence-electron chi connectivity index (χ0n) is 8.54. The van der Waals surface area contributed by atoms with E-state index in [9.17, 15) is 5.11 Å². The predicted octanol–water partition coefficient (Wildman–Crippen LogP) is 1.31. The maximum absolute atomic E-state index is 9.77. The van der Waals surface area contributed by atoms with Crippen molar-refractivity contribution in [3.05, 3.63) is 10.4 Å². The molecule has 0 saturated heterocycles. The number of aliphatic hydroxyl groups is 2. The molecule has 4 atom stereocenters. The van der Waals surface area contributed by atoms with Crippen molar-refractivity contribution >= 4 is 0 Å². The molecule has 2 N–H and O–H groups in total. The van der Waals surface area contributed by atoms with Crippen molar-refractivity contribution in [3.8, 4) is 0 Å². The van der Waals surface area contributed by atoms with Crippen LogP contribution in [0.25, 0.3) is 10.4 Å². The van der Waals surface area contributed by atoms with Crippen LogP contribution in [-0.4, -0.2) is 29.0 Å². The average molecular weight is 199 g/mol. The van der Waals surface area contributed by atoms with E-state index < -0.39 is 6.10 Å². The van der Waals surface area contributed by atoms with Crippen molar-refractivity contribution in [1.29, 1.82) is 0 Å². The summed E-state index contributed by atoms with van der Waals surface area (Å²) < 4.78 is 0. The fourth-order valence-electron chi connectivity index (χ4n) is 2.22. The van der Waals surface area contributed by atoms with E-state index >= 15 is 0 Å². The molecule has 1 saturated carbocycles. The largest absolute Gasteiger partial charge is 0.396 e. The van der Waals surface area contributed by atoms with E-state index in [1.165, 1.54) is 0 Å². The molecule has 1 rings (SSSR count). The Balaban J connectivity index is 2.81. The molecular formula is C9H17N3O2. The molecule has 14 heavy (non-hydrogen) atoms. The molecule has 0 amide bonds. The van der Waals surface area contributed by atoms with Crippen molar-refractivity contribution in [3.63, 3.8) is 0 Å². The van der Waals surface area contributed by atoms with Gasteiger partial charge in [-0.15, -0.1) is 0 Å². The van der Waals surface area contributed by atoms with Gasteiger partial charge >= 0.3 is 0 Å². The summed E-state index contributed by atoms with van der Waals surface area (Å²) in [5, 5.41) is 22.4. The Kier molecular flexibility index (Phi) is 3.75. The van der Waals surface area contributed by atoms with Crippen LogP contribution in [0, 0.1) is 17.8 Å².